The van der Waals surface area contributed by atoms with Crippen molar-refractivity contribution in [2.24, 2.45) is 0 Å². The highest BCUT2D eigenvalue weighted by Gasteiger charge is 2.35. The third-order valence-electron chi connectivity index (χ3n) is 4.24. The minimum Gasteiger partial charge on any atom is -0.394 e. The summed E-state index contributed by atoms with van der Waals surface area (Å²) in [6.07, 6.45) is 4.07. The number of sulfonamides is 1. The lowest BCUT2D eigenvalue weighted by atomic mass is 10.2. The van der Waals surface area contributed by atoms with E-state index >= 15 is 0 Å². The van der Waals surface area contributed by atoms with Crippen LogP contribution in [0.15, 0.2) is 4.90 Å². The standard InChI is InChI=1S/C14H25N3O3S/c1-4-17(13-7-5-6-8-13)21(19,20)14-11(2)15-16(9-10-18)12(14)3/h13,18H,4-10H2,1-3H3. The molecule has 0 bridgehead atoms. The molecule has 0 amide bonds. The molecule has 7 heteroatoms. The van der Waals surface area contributed by atoms with E-state index in [1.54, 1.807) is 22.8 Å². The minimum absolute atomic E-state index is 0.0540. The van der Waals surface area contributed by atoms with Gasteiger partial charge in [0.2, 0.25) is 10.0 Å². The molecular weight excluding hydrogens is 290 g/mol. The van der Waals surface area contributed by atoms with Gasteiger partial charge in [0.25, 0.3) is 0 Å². The predicted molar refractivity (Wildman–Crippen MR) is 80.6 cm³/mol. The van der Waals surface area contributed by atoms with E-state index in [2.05, 4.69) is 5.10 Å². The van der Waals surface area contributed by atoms with Crippen LogP contribution >= 0.6 is 0 Å². The third kappa shape index (κ3) is 3.00. The van der Waals surface area contributed by atoms with E-state index < -0.39 is 10.0 Å². The van der Waals surface area contributed by atoms with Gasteiger partial charge < -0.3 is 5.11 Å². The van der Waals surface area contributed by atoms with Gasteiger partial charge in [-0.3, -0.25) is 4.68 Å². The van der Waals surface area contributed by atoms with Crippen molar-refractivity contribution >= 4 is 10.0 Å². The van der Waals surface area contributed by atoms with E-state index in [4.69, 9.17) is 5.11 Å². The molecule has 1 N–H and O–H groups in total. The highest BCUT2D eigenvalue weighted by Crippen LogP contribution is 2.30. The summed E-state index contributed by atoms with van der Waals surface area (Å²) in [5, 5.41) is 13.3. The Bertz CT molecular complexity index is 589. The van der Waals surface area contributed by atoms with Crippen LogP contribution in [0.1, 0.15) is 44.0 Å². The average Bonchev–Trinajstić information content (AvgIpc) is 3.00. The molecule has 1 saturated carbocycles. The van der Waals surface area contributed by atoms with Crippen LogP contribution in [0.4, 0.5) is 0 Å². The first-order chi connectivity index (χ1) is 9.93. The van der Waals surface area contributed by atoms with Gasteiger partial charge in [-0.1, -0.05) is 19.8 Å². The van der Waals surface area contributed by atoms with Gasteiger partial charge >= 0.3 is 0 Å². The van der Waals surface area contributed by atoms with Crippen LogP contribution in [0.2, 0.25) is 0 Å². The zero-order valence-corrected chi connectivity index (χ0v) is 13.9. The summed E-state index contributed by atoms with van der Waals surface area (Å²) in [5.74, 6) is 0. The normalized spacial score (nSPS) is 17.0. The van der Waals surface area contributed by atoms with E-state index in [0.29, 0.717) is 29.4 Å². The molecule has 6 nitrogen and oxygen atoms in total. The average molecular weight is 315 g/mol. The molecule has 1 aromatic heterocycles. The molecular formula is C14H25N3O3S. The van der Waals surface area contributed by atoms with Crippen molar-refractivity contribution < 1.29 is 13.5 Å². The van der Waals surface area contributed by atoms with E-state index in [-0.39, 0.29) is 12.6 Å². The van der Waals surface area contributed by atoms with Crippen molar-refractivity contribution in [1.82, 2.24) is 14.1 Å². The fourth-order valence-electron chi connectivity index (χ4n) is 3.30. The fourth-order valence-corrected chi connectivity index (χ4v) is 5.37. The van der Waals surface area contributed by atoms with Gasteiger partial charge in [0.05, 0.1) is 24.5 Å². The summed E-state index contributed by atoms with van der Waals surface area (Å²) in [7, 11) is -3.53. The Hall–Kier alpha value is -0.920. The topological polar surface area (TPSA) is 75.4 Å². The highest BCUT2D eigenvalue weighted by atomic mass is 32.2. The zero-order valence-electron chi connectivity index (χ0n) is 13.0. The lowest BCUT2D eigenvalue weighted by Gasteiger charge is -2.26. The van der Waals surface area contributed by atoms with E-state index in [0.717, 1.165) is 25.7 Å². The van der Waals surface area contributed by atoms with Crippen molar-refractivity contribution in [2.75, 3.05) is 13.2 Å². The largest absolute Gasteiger partial charge is 0.394 e. The first kappa shape index (κ1) is 16.5. The molecule has 1 aliphatic carbocycles. The number of aryl methyl sites for hydroxylation is 1. The molecule has 0 aliphatic heterocycles. The van der Waals surface area contributed by atoms with E-state index in [1.807, 2.05) is 6.92 Å². The lowest BCUT2D eigenvalue weighted by Crippen LogP contribution is -2.39. The van der Waals surface area contributed by atoms with Crippen LogP contribution in [0.5, 0.6) is 0 Å². The molecule has 120 valence electrons. The molecule has 1 aliphatic rings. The van der Waals surface area contributed by atoms with Crippen molar-refractivity contribution in [3.05, 3.63) is 11.4 Å². The molecule has 0 saturated heterocycles. The Labute approximate surface area is 126 Å². The number of rotatable bonds is 6. The molecule has 0 radical (unpaired) electrons. The second-order valence-corrected chi connectivity index (χ2v) is 7.42. The fraction of sp³-hybridized carbons (Fsp3) is 0.786. The zero-order chi connectivity index (χ0) is 15.6. The molecule has 2 rings (SSSR count). The quantitative estimate of drug-likeness (QED) is 0.862. The molecule has 1 fully saturated rings. The maximum atomic E-state index is 13.0. The number of aliphatic hydroxyl groups excluding tert-OH is 1. The molecule has 0 atom stereocenters. The number of aromatic nitrogens is 2. The SMILES string of the molecule is CCN(C1CCCC1)S(=O)(=O)c1c(C)nn(CCO)c1C. The minimum atomic E-state index is -3.53. The lowest BCUT2D eigenvalue weighted by molar-refractivity contribution is 0.267. The van der Waals surface area contributed by atoms with Gasteiger partial charge in [-0.05, 0) is 26.7 Å². The summed E-state index contributed by atoms with van der Waals surface area (Å²) < 4.78 is 29.2. The Morgan fingerprint density at radius 3 is 2.48 bits per heavy atom. The highest BCUT2D eigenvalue weighted by molar-refractivity contribution is 7.89. The smallest absolute Gasteiger partial charge is 0.246 e. The predicted octanol–water partition coefficient (Wildman–Crippen LogP) is 1.45. The van der Waals surface area contributed by atoms with Gasteiger partial charge in [0.15, 0.2) is 0 Å². The van der Waals surface area contributed by atoms with Gasteiger partial charge in [0.1, 0.15) is 4.90 Å². The van der Waals surface area contributed by atoms with Crippen molar-refractivity contribution in [1.29, 1.82) is 0 Å². The summed E-state index contributed by atoms with van der Waals surface area (Å²) >= 11 is 0. The second-order valence-electron chi connectivity index (χ2n) is 5.59. The van der Waals surface area contributed by atoms with Crippen LogP contribution in [0.3, 0.4) is 0 Å². The number of nitrogens with zero attached hydrogens (tertiary/aromatic N) is 3. The molecule has 1 aromatic rings. The summed E-state index contributed by atoms with van der Waals surface area (Å²) in [4.78, 5) is 0.310. The van der Waals surface area contributed by atoms with Gasteiger partial charge in [-0.15, -0.1) is 0 Å². The van der Waals surface area contributed by atoms with Crippen LogP contribution < -0.4 is 0 Å². The van der Waals surface area contributed by atoms with Crippen molar-refractivity contribution in [3.63, 3.8) is 0 Å². The van der Waals surface area contributed by atoms with Gasteiger partial charge in [-0.2, -0.15) is 9.40 Å². The Kier molecular flexibility index (Phi) is 5.06. The van der Waals surface area contributed by atoms with Crippen molar-refractivity contribution in [2.45, 2.75) is 63.9 Å². The maximum Gasteiger partial charge on any atom is 0.246 e. The third-order valence-corrected chi connectivity index (χ3v) is 6.52. The molecule has 1 heterocycles. The van der Waals surface area contributed by atoms with Crippen LogP contribution in [-0.2, 0) is 16.6 Å². The molecule has 0 aromatic carbocycles. The summed E-state index contributed by atoms with van der Waals surface area (Å²) in [6, 6.07) is 0.111. The number of hydrogen-bond acceptors (Lipinski definition) is 4. The molecule has 21 heavy (non-hydrogen) atoms. The second kappa shape index (κ2) is 6.46. The van der Waals surface area contributed by atoms with E-state index in [9.17, 15) is 8.42 Å². The Morgan fingerprint density at radius 1 is 1.33 bits per heavy atom. The van der Waals surface area contributed by atoms with E-state index in [1.165, 1.54) is 0 Å². The van der Waals surface area contributed by atoms with Gasteiger partial charge in [0, 0.05) is 12.6 Å². The van der Waals surface area contributed by atoms with Gasteiger partial charge in [-0.25, -0.2) is 8.42 Å². The van der Waals surface area contributed by atoms with Crippen molar-refractivity contribution in [3.8, 4) is 0 Å². The molecule has 0 spiro atoms. The van der Waals surface area contributed by atoms with Crippen LogP contribution in [-0.4, -0.2) is 46.8 Å². The Balaban J connectivity index is 2.42. The maximum absolute atomic E-state index is 13.0. The number of aliphatic hydroxyl groups is 1. The van der Waals surface area contributed by atoms with Crippen LogP contribution in [0.25, 0.3) is 0 Å². The first-order valence-electron chi connectivity index (χ1n) is 7.60. The monoisotopic (exact) mass is 315 g/mol. The Morgan fingerprint density at radius 2 is 1.95 bits per heavy atom. The first-order valence-corrected chi connectivity index (χ1v) is 9.04. The van der Waals surface area contributed by atoms with Crippen LogP contribution in [0, 0.1) is 13.8 Å². The molecule has 0 unspecified atom stereocenters. The number of hydrogen-bond donors (Lipinski definition) is 1. The summed E-state index contributed by atoms with van der Waals surface area (Å²) in [6.45, 7) is 6.11. The summed E-state index contributed by atoms with van der Waals surface area (Å²) in [5.41, 5.74) is 1.12.